The Kier molecular flexibility index (Phi) is 7.78. The molecule has 12 heteroatoms. The predicted octanol–water partition coefficient (Wildman–Crippen LogP) is 2.43. The van der Waals surface area contributed by atoms with E-state index in [0.717, 1.165) is 16.3 Å². The SMILES string of the molecule is CCC(C)c1cc(Cl)cc(NC(=O)[NH+]([O-])S(=O)(=O)N(c2cnn(C)c2)C2CCOCC2)c1. The third kappa shape index (κ3) is 5.41. The first kappa shape index (κ1) is 24.5. The van der Waals surface area contributed by atoms with Gasteiger partial charge in [-0.3, -0.25) is 10.00 Å². The smallest absolute Gasteiger partial charge is 0.436 e. The molecule has 3 rings (SSSR count). The number of carbonyl (C=O) groups excluding carboxylic acids is 1. The zero-order valence-electron chi connectivity index (χ0n) is 18.2. The van der Waals surface area contributed by atoms with Crippen molar-refractivity contribution < 1.29 is 22.4 Å². The molecular weight excluding hydrogens is 458 g/mol. The molecule has 1 fully saturated rings. The molecule has 10 nitrogen and oxygen atoms in total. The summed E-state index contributed by atoms with van der Waals surface area (Å²) in [5.74, 6) is 0.179. The Balaban J connectivity index is 1.87. The Bertz CT molecular complexity index is 1050. The van der Waals surface area contributed by atoms with Crippen molar-refractivity contribution in [2.24, 2.45) is 7.05 Å². The molecule has 1 aromatic heterocycles. The lowest BCUT2D eigenvalue weighted by Crippen LogP contribution is -3.14. The molecule has 2 amide bonds. The van der Waals surface area contributed by atoms with Crippen LogP contribution in [0, 0.1) is 5.21 Å². The second-order valence-electron chi connectivity index (χ2n) is 7.84. The molecule has 0 spiro atoms. The lowest BCUT2D eigenvalue weighted by atomic mass is 9.98. The maximum absolute atomic E-state index is 13.3. The van der Waals surface area contributed by atoms with Gasteiger partial charge in [-0.2, -0.15) is 18.0 Å². The van der Waals surface area contributed by atoms with Crippen LogP contribution < -0.4 is 14.1 Å². The lowest BCUT2D eigenvalue weighted by Gasteiger charge is -2.35. The monoisotopic (exact) mass is 485 g/mol. The van der Waals surface area contributed by atoms with Gasteiger partial charge in [0, 0.05) is 37.2 Å². The fraction of sp³-hybridized carbons (Fsp3) is 0.500. The van der Waals surface area contributed by atoms with Crippen molar-refractivity contribution in [1.82, 2.24) is 9.78 Å². The minimum Gasteiger partial charge on any atom is -0.608 e. The van der Waals surface area contributed by atoms with Crippen LogP contribution >= 0.6 is 11.6 Å². The van der Waals surface area contributed by atoms with Gasteiger partial charge < -0.3 is 9.94 Å². The van der Waals surface area contributed by atoms with Crippen LogP contribution in [0.15, 0.2) is 30.6 Å². The quantitative estimate of drug-likeness (QED) is 0.581. The average molecular weight is 486 g/mol. The Labute approximate surface area is 192 Å². The number of anilines is 2. The van der Waals surface area contributed by atoms with Crippen molar-refractivity contribution in [2.45, 2.75) is 45.1 Å². The van der Waals surface area contributed by atoms with Crippen LogP contribution in [0.4, 0.5) is 16.2 Å². The van der Waals surface area contributed by atoms with Crippen LogP contribution in [0.2, 0.25) is 5.02 Å². The minimum absolute atomic E-state index is 0.179. The Morgan fingerprint density at radius 3 is 2.69 bits per heavy atom. The number of carbonyl (C=O) groups is 1. The van der Waals surface area contributed by atoms with Crippen LogP contribution in [0.1, 0.15) is 44.6 Å². The summed E-state index contributed by atoms with van der Waals surface area (Å²) in [7, 11) is -3.02. The number of halogens is 1. The maximum Gasteiger partial charge on any atom is 0.436 e. The number of hydrogen-bond donors (Lipinski definition) is 2. The van der Waals surface area contributed by atoms with Gasteiger partial charge in [0.1, 0.15) is 0 Å². The van der Waals surface area contributed by atoms with E-state index in [0.29, 0.717) is 31.1 Å². The minimum atomic E-state index is -4.66. The van der Waals surface area contributed by atoms with Crippen molar-refractivity contribution in [3.63, 3.8) is 0 Å². The number of nitrogens with zero attached hydrogens (tertiary/aromatic N) is 3. The number of hydroxylamine groups is 1. The van der Waals surface area contributed by atoms with Crippen LogP contribution in [0.3, 0.4) is 0 Å². The van der Waals surface area contributed by atoms with Gasteiger partial charge in [-0.25, -0.2) is 9.10 Å². The van der Waals surface area contributed by atoms with E-state index in [1.54, 1.807) is 19.2 Å². The molecule has 2 atom stereocenters. The van der Waals surface area contributed by atoms with E-state index in [1.807, 2.05) is 13.8 Å². The maximum atomic E-state index is 13.3. The highest BCUT2D eigenvalue weighted by Gasteiger charge is 2.40. The number of hydrogen-bond acceptors (Lipinski definition) is 6. The van der Waals surface area contributed by atoms with E-state index in [4.69, 9.17) is 16.3 Å². The summed E-state index contributed by atoms with van der Waals surface area (Å²) in [5, 5.41) is 19.7. The van der Waals surface area contributed by atoms with Gasteiger partial charge in [-0.1, -0.05) is 25.4 Å². The van der Waals surface area contributed by atoms with Gasteiger partial charge in [0.25, 0.3) is 0 Å². The van der Waals surface area contributed by atoms with E-state index in [2.05, 4.69) is 10.4 Å². The van der Waals surface area contributed by atoms with E-state index in [-0.39, 0.29) is 17.3 Å². The normalized spacial score (nSPS) is 17.0. The standard InChI is InChI=1S/C20H28ClN5O5S/c1-4-14(2)15-9-16(21)11-17(10-15)23-20(27)26(28)32(29,30)25(18-5-7-31-8-6-18)19-12-22-24(3)13-19/h9-14,18,26H,4-8H2,1-3H3,(H,23,27). The summed E-state index contributed by atoms with van der Waals surface area (Å²) >= 11 is 6.15. The third-order valence-electron chi connectivity index (χ3n) is 5.51. The molecule has 2 aromatic rings. The number of quaternary nitrogens is 1. The molecule has 0 bridgehead atoms. The Hall–Kier alpha value is -2.18. The number of urea groups is 1. The molecule has 1 aromatic carbocycles. The molecule has 2 N–H and O–H groups in total. The van der Waals surface area contributed by atoms with Gasteiger partial charge in [0.15, 0.2) is 0 Å². The van der Waals surface area contributed by atoms with E-state index in [9.17, 15) is 18.4 Å². The summed E-state index contributed by atoms with van der Waals surface area (Å²) in [4.78, 5) is 12.7. The van der Waals surface area contributed by atoms with Gasteiger partial charge in [0.05, 0.1) is 17.9 Å². The first-order valence-corrected chi connectivity index (χ1v) is 12.2. The number of aromatic nitrogens is 2. The van der Waals surface area contributed by atoms with Crippen molar-refractivity contribution in [2.75, 3.05) is 22.8 Å². The van der Waals surface area contributed by atoms with Crippen molar-refractivity contribution >= 4 is 39.2 Å². The molecule has 176 valence electrons. The van der Waals surface area contributed by atoms with Crippen molar-refractivity contribution in [1.29, 1.82) is 0 Å². The molecule has 0 radical (unpaired) electrons. The Morgan fingerprint density at radius 1 is 1.41 bits per heavy atom. The summed E-state index contributed by atoms with van der Waals surface area (Å²) < 4.78 is 32.7. The van der Waals surface area contributed by atoms with Crippen molar-refractivity contribution in [3.8, 4) is 0 Å². The molecule has 0 aliphatic carbocycles. The summed E-state index contributed by atoms with van der Waals surface area (Å²) in [6.45, 7) is 4.74. The van der Waals surface area contributed by atoms with Crippen LogP contribution in [0.5, 0.6) is 0 Å². The zero-order chi connectivity index (χ0) is 23.5. The van der Waals surface area contributed by atoms with Gasteiger partial charge in [-0.05, 0) is 48.9 Å². The van der Waals surface area contributed by atoms with E-state index >= 15 is 0 Å². The number of rotatable bonds is 7. The average Bonchev–Trinajstić information content (AvgIpc) is 3.18. The zero-order valence-corrected chi connectivity index (χ0v) is 19.8. The van der Waals surface area contributed by atoms with Gasteiger partial charge >= 0.3 is 16.2 Å². The number of ether oxygens (including phenoxy) is 1. The summed E-state index contributed by atoms with van der Waals surface area (Å²) in [6, 6.07) is 3.18. The van der Waals surface area contributed by atoms with Gasteiger partial charge in [0.2, 0.25) is 0 Å². The number of amides is 2. The molecule has 0 saturated carbocycles. The fourth-order valence-corrected chi connectivity index (χ4v) is 5.26. The Morgan fingerprint density at radius 2 is 2.09 bits per heavy atom. The molecule has 32 heavy (non-hydrogen) atoms. The molecule has 1 saturated heterocycles. The highest BCUT2D eigenvalue weighted by Crippen LogP contribution is 2.27. The van der Waals surface area contributed by atoms with Crippen molar-refractivity contribution in [3.05, 3.63) is 46.4 Å². The third-order valence-corrected chi connectivity index (χ3v) is 7.41. The second kappa shape index (κ2) is 10.2. The molecule has 2 heterocycles. The largest absolute Gasteiger partial charge is 0.608 e. The van der Waals surface area contributed by atoms with E-state index < -0.39 is 26.8 Å². The van der Waals surface area contributed by atoms with Crippen LogP contribution in [-0.4, -0.2) is 43.5 Å². The van der Waals surface area contributed by atoms with E-state index in [1.165, 1.54) is 23.1 Å². The molecule has 1 aliphatic rings. The first-order chi connectivity index (χ1) is 15.1. The van der Waals surface area contributed by atoms with Crippen LogP contribution in [-0.2, 0) is 22.0 Å². The fourth-order valence-electron chi connectivity index (χ4n) is 3.58. The lowest BCUT2D eigenvalue weighted by molar-refractivity contribution is -0.604. The predicted molar refractivity (Wildman–Crippen MR) is 122 cm³/mol. The second-order valence-corrected chi connectivity index (χ2v) is 9.99. The summed E-state index contributed by atoms with van der Waals surface area (Å²) in [6.07, 6.45) is 4.50. The van der Waals surface area contributed by atoms with Crippen LogP contribution in [0.25, 0.3) is 0 Å². The topological polar surface area (TPSA) is 121 Å². The number of nitrogens with one attached hydrogen (secondary N) is 2. The highest BCUT2D eigenvalue weighted by molar-refractivity contribution is 7.86. The molecule has 1 aliphatic heterocycles. The number of aryl methyl sites for hydroxylation is 1. The molecule has 2 unspecified atom stereocenters. The number of benzene rings is 1. The first-order valence-electron chi connectivity index (χ1n) is 10.4. The highest BCUT2D eigenvalue weighted by atomic mass is 35.5. The molecular formula is C20H28ClN5O5S. The van der Waals surface area contributed by atoms with Gasteiger partial charge in [-0.15, -0.1) is 0 Å². The summed E-state index contributed by atoms with van der Waals surface area (Å²) in [5.41, 5.74) is 1.37.